The lowest BCUT2D eigenvalue weighted by molar-refractivity contribution is 0.102. The highest BCUT2D eigenvalue weighted by atomic mass is 32.1. The zero-order valence-electron chi connectivity index (χ0n) is 11.7. The number of amides is 1. The summed E-state index contributed by atoms with van der Waals surface area (Å²) in [4.78, 5) is 16.7. The number of carbonyl (C=O) groups excluding carboxylic acids is 1. The molecule has 2 aromatic heterocycles. The maximum Gasteiger partial charge on any atom is 0.261 e. The van der Waals surface area contributed by atoms with Gasteiger partial charge in [-0.3, -0.25) is 10.1 Å². The summed E-state index contributed by atoms with van der Waals surface area (Å²) in [6.45, 7) is 2.02. The molecule has 0 saturated carbocycles. The van der Waals surface area contributed by atoms with Gasteiger partial charge >= 0.3 is 0 Å². The van der Waals surface area contributed by atoms with Gasteiger partial charge in [-0.05, 0) is 20.0 Å². The number of thiazole rings is 1. The molecule has 2 heterocycles. The minimum atomic E-state index is -0.210. The highest BCUT2D eigenvalue weighted by molar-refractivity contribution is 7.14. The van der Waals surface area contributed by atoms with E-state index in [1.54, 1.807) is 0 Å². The van der Waals surface area contributed by atoms with Gasteiger partial charge < -0.3 is 9.73 Å². The first kappa shape index (κ1) is 13.8. The van der Waals surface area contributed by atoms with Crippen LogP contribution in [-0.2, 0) is 0 Å². The number of carbonyl (C=O) groups is 1. The normalized spacial score (nSPS) is 12.5. The zero-order valence-corrected chi connectivity index (χ0v) is 12.5. The highest BCUT2D eigenvalue weighted by Gasteiger charge is 2.15. The minimum absolute atomic E-state index is 0.154. The second-order valence-corrected chi connectivity index (χ2v) is 5.55. The lowest BCUT2D eigenvalue weighted by Gasteiger charge is -2.05. The Bertz CT molecular complexity index is 778. The van der Waals surface area contributed by atoms with Crippen molar-refractivity contribution in [3.8, 4) is 0 Å². The largest absolute Gasteiger partial charge is 0.463 e. The van der Waals surface area contributed by atoms with Crippen molar-refractivity contribution in [2.45, 2.75) is 13.0 Å². The molecule has 108 valence electrons. The van der Waals surface area contributed by atoms with E-state index in [2.05, 4.69) is 15.6 Å². The quantitative estimate of drug-likeness (QED) is 0.775. The summed E-state index contributed by atoms with van der Waals surface area (Å²) in [5, 5.41) is 9.25. The van der Waals surface area contributed by atoms with E-state index in [9.17, 15) is 4.79 Å². The van der Waals surface area contributed by atoms with Crippen LogP contribution in [0.2, 0.25) is 0 Å². The summed E-state index contributed by atoms with van der Waals surface area (Å²) in [5.41, 5.74) is 2.13. The number of rotatable bonds is 4. The van der Waals surface area contributed by atoms with E-state index in [1.807, 2.05) is 43.6 Å². The Hall–Kier alpha value is -2.18. The van der Waals surface area contributed by atoms with Crippen molar-refractivity contribution in [1.82, 2.24) is 10.3 Å². The van der Waals surface area contributed by atoms with Gasteiger partial charge in [-0.1, -0.05) is 18.2 Å². The van der Waals surface area contributed by atoms with Gasteiger partial charge in [-0.15, -0.1) is 11.3 Å². The fraction of sp³-hybridized carbons (Fsp3) is 0.200. The monoisotopic (exact) mass is 301 g/mol. The maximum absolute atomic E-state index is 12.3. The van der Waals surface area contributed by atoms with Gasteiger partial charge in [-0.2, -0.15) is 0 Å². The molecule has 0 radical (unpaired) electrons. The molecule has 0 aliphatic carbocycles. The molecule has 0 saturated heterocycles. The van der Waals surface area contributed by atoms with Crippen molar-refractivity contribution in [2.24, 2.45) is 0 Å². The smallest absolute Gasteiger partial charge is 0.261 e. The highest BCUT2D eigenvalue weighted by Crippen LogP contribution is 2.24. The number of fused-ring (bicyclic) bond motifs is 1. The molecule has 3 aromatic rings. The first-order valence-electron chi connectivity index (χ1n) is 6.59. The summed E-state index contributed by atoms with van der Waals surface area (Å²) in [6.07, 6.45) is 1.48. The van der Waals surface area contributed by atoms with E-state index in [-0.39, 0.29) is 11.9 Å². The predicted octanol–water partition coefficient (Wildman–Crippen LogP) is 3.42. The van der Waals surface area contributed by atoms with Crippen LogP contribution in [0.3, 0.4) is 0 Å². The number of para-hydroxylation sites is 1. The van der Waals surface area contributed by atoms with Crippen LogP contribution in [0.5, 0.6) is 0 Å². The molecule has 0 aliphatic rings. The number of hydrogen-bond donors (Lipinski definition) is 2. The van der Waals surface area contributed by atoms with E-state index in [0.29, 0.717) is 16.3 Å². The summed E-state index contributed by atoms with van der Waals surface area (Å²) < 4.78 is 5.38. The van der Waals surface area contributed by atoms with Crippen LogP contribution in [0.4, 0.5) is 5.13 Å². The van der Waals surface area contributed by atoms with Crippen LogP contribution in [-0.4, -0.2) is 17.9 Å². The Labute approximate surface area is 126 Å². The van der Waals surface area contributed by atoms with Gasteiger partial charge in [-0.25, -0.2) is 4.98 Å². The number of hydrogen-bond acceptors (Lipinski definition) is 5. The Morgan fingerprint density at radius 3 is 3.00 bits per heavy atom. The molecule has 2 N–H and O–H groups in total. The summed E-state index contributed by atoms with van der Waals surface area (Å²) >= 11 is 1.41. The number of furan rings is 1. The summed E-state index contributed by atoms with van der Waals surface area (Å²) in [7, 11) is 1.87. The molecule has 1 aromatic carbocycles. The third kappa shape index (κ3) is 2.68. The maximum atomic E-state index is 12.3. The van der Waals surface area contributed by atoms with Gasteiger partial charge in [0.05, 0.1) is 11.3 Å². The van der Waals surface area contributed by atoms with Crippen molar-refractivity contribution in [3.05, 3.63) is 47.2 Å². The molecule has 1 amide bonds. The third-order valence-electron chi connectivity index (χ3n) is 3.34. The molecule has 5 nitrogen and oxygen atoms in total. The van der Waals surface area contributed by atoms with Gasteiger partial charge in [0.15, 0.2) is 5.13 Å². The first-order chi connectivity index (χ1) is 10.2. The van der Waals surface area contributed by atoms with Crippen molar-refractivity contribution in [2.75, 3.05) is 12.4 Å². The predicted molar refractivity (Wildman–Crippen MR) is 83.8 cm³/mol. The molecule has 0 spiro atoms. The van der Waals surface area contributed by atoms with E-state index in [1.165, 1.54) is 17.6 Å². The second-order valence-electron chi connectivity index (χ2n) is 4.69. The average Bonchev–Trinajstić information content (AvgIpc) is 3.12. The SMILES string of the molecule is CNC(C)c1csc(NC(=O)c2coc3ccccc23)n1. The second kappa shape index (κ2) is 5.67. The molecule has 6 heteroatoms. The Morgan fingerprint density at radius 2 is 2.19 bits per heavy atom. The Balaban J connectivity index is 1.81. The van der Waals surface area contributed by atoms with E-state index in [0.717, 1.165) is 11.1 Å². The summed E-state index contributed by atoms with van der Waals surface area (Å²) in [5.74, 6) is -0.210. The number of aromatic nitrogens is 1. The van der Waals surface area contributed by atoms with Crippen LogP contribution < -0.4 is 10.6 Å². The first-order valence-corrected chi connectivity index (χ1v) is 7.47. The Kier molecular flexibility index (Phi) is 3.72. The number of nitrogens with one attached hydrogen (secondary N) is 2. The van der Waals surface area contributed by atoms with Crippen LogP contribution in [0.1, 0.15) is 29.0 Å². The van der Waals surface area contributed by atoms with Crippen molar-refractivity contribution in [1.29, 1.82) is 0 Å². The van der Waals surface area contributed by atoms with Crippen molar-refractivity contribution in [3.63, 3.8) is 0 Å². The van der Waals surface area contributed by atoms with Crippen LogP contribution in [0, 0.1) is 0 Å². The number of nitrogens with zero attached hydrogens (tertiary/aromatic N) is 1. The molecular weight excluding hydrogens is 286 g/mol. The Morgan fingerprint density at radius 1 is 1.38 bits per heavy atom. The van der Waals surface area contributed by atoms with Gasteiger partial charge in [0.2, 0.25) is 0 Å². The fourth-order valence-electron chi connectivity index (χ4n) is 2.01. The van der Waals surface area contributed by atoms with E-state index in [4.69, 9.17) is 4.42 Å². The fourth-order valence-corrected chi connectivity index (χ4v) is 2.81. The summed E-state index contributed by atoms with van der Waals surface area (Å²) in [6, 6.07) is 7.61. The molecule has 0 aliphatic heterocycles. The van der Waals surface area contributed by atoms with E-state index >= 15 is 0 Å². The molecule has 1 atom stereocenters. The lowest BCUT2D eigenvalue weighted by Crippen LogP contribution is -2.14. The topological polar surface area (TPSA) is 67.2 Å². The number of anilines is 1. The number of benzene rings is 1. The molecule has 0 fully saturated rings. The minimum Gasteiger partial charge on any atom is -0.463 e. The standard InChI is InChI=1S/C15H15N3O2S/c1-9(16-2)12-8-21-15(17-12)18-14(19)11-7-20-13-6-4-3-5-10(11)13/h3-9,16H,1-2H3,(H,17,18,19). The van der Waals surface area contributed by atoms with Gasteiger partial charge in [0, 0.05) is 16.8 Å². The zero-order chi connectivity index (χ0) is 14.8. The molecular formula is C15H15N3O2S. The van der Waals surface area contributed by atoms with Gasteiger partial charge in [0.1, 0.15) is 11.8 Å². The van der Waals surface area contributed by atoms with Crippen molar-refractivity contribution >= 4 is 33.3 Å². The molecule has 0 bridgehead atoms. The average molecular weight is 301 g/mol. The van der Waals surface area contributed by atoms with Crippen LogP contribution in [0.25, 0.3) is 11.0 Å². The van der Waals surface area contributed by atoms with Crippen LogP contribution >= 0.6 is 11.3 Å². The van der Waals surface area contributed by atoms with Gasteiger partial charge in [0.25, 0.3) is 5.91 Å². The van der Waals surface area contributed by atoms with E-state index < -0.39 is 0 Å². The molecule has 1 unspecified atom stereocenters. The van der Waals surface area contributed by atoms with Crippen LogP contribution in [0.15, 0.2) is 40.3 Å². The molecule has 3 rings (SSSR count). The van der Waals surface area contributed by atoms with Crippen molar-refractivity contribution < 1.29 is 9.21 Å². The lowest BCUT2D eigenvalue weighted by atomic mass is 10.2. The molecule has 21 heavy (non-hydrogen) atoms. The third-order valence-corrected chi connectivity index (χ3v) is 4.12.